The van der Waals surface area contributed by atoms with Crippen molar-refractivity contribution in [3.63, 3.8) is 0 Å². The summed E-state index contributed by atoms with van der Waals surface area (Å²) >= 11 is 0. The molecule has 0 spiro atoms. The summed E-state index contributed by atoms with van der Waals surface area (Å²) in [4.78, 5) is 0. The van der Waals surface area contributed by atoms with Crippen LogP contribution in [0.1, 0.15) is 32.8 Å². The van der Waals surface area contributed by atoms with Gasteiger partial charge in [0, 0.05) is 5.56 Å². The molecule has 2 N–H and O–H groups in total. The third-order valence-corrected chi connectivity index (χ3v) is 2.58. The number of nitrogen functional groups attached to an aromatic ring is 1. The van der Waals surface area contributed by atoms with Crippen LogP contribution in [0, 0.1) is 5.82 Å². The van der Waals surface area contributed by atoms with Crippen LogP contribution in [0.2, 0.25) is 0 Å². The lowest BCUT2D eigenvalue weighted by molar-refractivity contribution is -0.0326. The largest absolute Gasteiger partial charge is 0.396 e. The van der Waals surface area contributed by atoms with Crippen molar-refractivity contribution in [2.24, 2.45) is 0 Å². The third-order valence-electron chi connectivity index (χ3n) is 2.58. The number of halogens is 1. The van der Waals surface area contributed by atoms with Gasteiger partial charge in [0.05, 0.1) is 17.9 Å². The van der Waals surface area contributed by atoms with Gasteiger partial charge in [0.15, 0.2) is 5.82 Å². The second-order valence-electron chi connectivity index (χ2n) is 4.22. The Morgan fingerprint density at radius 3 is 2.67 bits per heavy atom. The van der Waals surface area contributed by atoms with Gasteiger partial charge >= 0.3 is 0 Å². The van der Waals surface area contributed by atoms with Gasteiger partial charge in [-0.1, -0.05) is 19.1 Å². The topological polar surface area (TPSA) is 35.2 Å². The summed E-state index contributed by atoms with van der Waals surface area (Å²) in [7, 11) is 0. The van der Waals surface area contributed by atoms with Gasteiger partial charge in [0.2, 0.25) is 0 Å². The minimum Gasteiger partial charge on any atom is -0.396 e. The minimum absolute atomic E-state index is 0.172. The summed E-state index contributed by atoms with van der Waals surface area (Å²) < 4.78 is 19.1. The number of anilines is 1. The van der Waals surface area contributed by atoms with E-state index in [0.29, 0.717) is 5.56 Å². The zero-order chi connectivity index (χ0) is 11.5. The van der Waals surface area contributed by atoms with Gasteiger partial charge in [-0.2, -0.15) is 0 Å². The van der Waals surface area contributed by atoms with E-state index in [9.17, 15) is 4.39 Å². The molecule has 3 heteroatoms. The molecule has 1 rings (SSSR count). The molecular formula is C12H18FNO. The molecule has 1 aromatic carbocycles. The molecule has 0 fully saturated rings. The van der Waals surface area contributed by atoms with E-state index in [4.69, 9.17) is 10.5 Å². The van der Waals surface area contributed by atoms with Crippen LogP contribution in [0.5, 0.6) is 0 Å². The molecule has 0 saturated carbocycles. The van der Waals surface area contributed by atoms with E-state index in [2.05, 4.69) is 0 Å². The van der Waals surface area contributed by atoms with Crippen LogP contribution in [0.15, 0.2) is 18.2 Å². The predicted octanol–water partition coefficient (Wildman–Crippen LogP) is 3.11. The first kappa shape index (κ1) is 12.0. The fourth-order valence-electron chi connectivity index (χ4n) is 1.09. The number of hydrogen-bond donors (Lipinski definition) is 1. The van der Waals surface area contributed by atoms with E-state index < -0.39 is 0 Å². The molecule has 0 radical (unpaired) electrons. The molecule has 0 aliphatic rings. The molecule has 2 nitrogen and oxygen atoms in total. The Morgan fingerprint density at radius 1 is 1.40 bits per heavy atom. The van der Waals surface area contributed by atoms with Crippen LogP contribution in [0.4, 0.5) is 10.1 Å². The zero-order valence-corrected chi connectivity index (χ0v) is 9.51. The number of ether oxygens (including phenoxy) is 1. The molecule has 0 saturated heterocycles. The molecule has 0 amide bonds. The van der Waals surface area contributed by atoms with Crippen molar-refractivity contribution in [2.75, 3.05) is 5.73 Å². The van der Waals surface area contributed by atoms with Crippen molar-refractivity contribution in [3.05, 3.63) is 29.6 Å². The molecule has 0 unspecified atom stereocenters. The van der Waals surface area contributed by atoms with E-state index in [0.717, 1.165) is 6.42 Å². The average molecular weight is 211 g/mol. The number of benzene rings is 1. The molecule has 1 aromatic rings. The summed E-state index contributed by atoms with van der Waals surface area (Å²) in [5, 5.41) is 0. The van der Waals surface area contributed by atoms with Crippen LogP contribution in [-0.2, 0) is 11.3 Å². The first-order chi connectivity index (χ1) is 6.96. The van der Waals surface area contributed by atoms with Crippen LogP contribution >= 0.6 is 0 Å². The van der Waals surface area contributed by atoms with Gasteiger partial charge in [0.25, 0.3) is 0 Å². The van der Waals surface area contributed by atoms with Crippen molar-refractivity contribution in [1.29, 1.82) is 0 Å². The van der Waals surface area contributed by atoms with E-state index in [1.54, 1.807) is 18.2 Å². The van der Waals surface area contributed by atoms with Crippen molar-refractivity contribution < 1.29 is 9.13 Å². The standard InChI is InChI=1S/C12H18FNO/c1-4-12(2,3)15-8-9-6-5-7-10(14)11(9)13/h5-7H,4,8,14H2,1-3H3. The van der Waals surface area contributed by atoms with Gasteiger partial charge in [-0.25, -0.2) is 4.39 Å². The highest BCUT2D eigenvalue weighted by Crippen LogP contribution is 2.20. The maximum absolute atomic E-state index is 13.5. The van der Waals surface area contributed by atoms with E-state index in [-0.39, 0.29) is 23.7 Å². The first-order valence-electron chi connectivity index (χ1n) is 5.13. The summed E-state index contributed by atoms with van der Waals surface area (Å²) in [6.07, 6.45) is 0.886. The van der Waals surface area contributed by atoms with Gasteiger partial charge in [-0.05, 0) is 26.3 Å². The van der Waals surface area contributed by atoms with Crippen molar-refractivity contribution in [1.82, 2.24) is 0 Å². The molecule has 0 aliphatic heterocycles. The molecule has 84 valence electrons. The Balaban J connectivity index is 2.70. The summed E-state index contributed by atoms with van der Waals surface area (Å²) in [6, 6.07) is 4.97. The minimum atomic E-state index is -0.371. The maximum atomic E-state index is 13.5. The molecular weight excluding hydrogens is 193 g/mol. The Bertz CT molecular complexity index is 336. The molecule has 0 aromatic heterocycles. The lowest BCUT2D eigenvalue weighted by Gasteiger charge is -2.23. The van der Waals surface area contributed by atoms with E-state index in [1.807, 2.05) is 20.8 Å². The summed E-state index contributed by atoms with van der Waals surface area (Å²) in [5.41, 5.74) is 5.92. The highest BCUT2D eigenvalue weighted by molar-refractivity contribution is 5.42. The van der Waals surface area contributed by atoms with Gasteiger partial charge in [-0.15, -0.1) is 0 Å². The second-order valence-corrected chi connectivity index (χ2v) is 4.22. The first-order valence-corrected chi connectivity index (χ1v) is 5.13. The average Bonchev–Trinajstić information content (AvgIpc) is 2.20. The van der Waals surface area contributed by atoms with Crippen LogP contribution in [0.3, 0.4) is 0 Å². The molecule has 0 bridgehead atoms. The van der Waals surface area contributed by atoms with Gasteiger partial charge in [-0.3, -0.25) is 0 Å². The number of nitrogens with two attached hydrogens (primary N) is 1. The second kappa shape index (κ2) is 4.62. The third kappa shape index (κ3) is 3.20. The predicted molar refractivity (Wildman–Crippen MR) is 60.0 cm³/mol. The van der Waals surface area contributed by atoms with Crippen LogP contribution in [-0.4, -0.2) is 5.60 Å². The molecule has 0 atom stereocenters. The van der Waals surface area contributed by atoms with E-state index in [1.165, 1.54) is 0 Å². The SMILES string of the molecule is CCC(C)(C)OCc1cccc(N)c1F. The fraction of sp³-hybridized carbons (Fsp3) is 0.500. The van der Waals surface area contributed by atoms with Gasteiger partial charge < -0.3 is 10.5 Å². The number of hydrogen-bond acceptors (Lipinski definition) is 2. The zero-order valence-electron chi connectivity index (χ0n) is 9.51. The molecule has 0 aliphatic carbocycles. The highest BCUT2D eigenvalue weighted by Gasteiger charge is 2.16. The van der Waals surface area contributed by atoms with Crippen molar-refractivity contribution >= 4 is 5.69 Å². The van der Waals surface area contributed by atoms with Gasteiger partial charge in [0.1, 0.15) is 0 Å². The van der Waals surface area contributed by atoms with Crippen molar-refractivity contribution in [3.8, 4) is 0 Å². The fourth-order valence-corrected chi connectivity index (χ4v) is 1.09. The Hall–Kier alpha value is -1.09. The Kier molecular flexibility index (Phi) is 3.69. The smallest absolute Gasteiger partial charge is 0.151 e. The highest BCUT2D eigenvalue weighted by atomic mass is 19.1. The Labute approximate surface area is 90.2 Å². The lowest BCUT2D eigenvalue weighted by atomic mass is 10.1. The molecule has 0 heterocycles. The summed E-state index contributed by atoms with van der Waals surface area (Å²) in [6.45, 7) is 6.27. The maximum Gasteiger partial charge on any atom is 0.151 e. The van der Waals surface area contributed by atoms with Crippen LogP contribution in [0.25, 0.3) is 0 Å². The van der Waals surface area contributed by atoms with E-state index >= 15 is 0 Å². The quantitative estimate of drug-likeness (QED) is 0.777. The molecule has 15 heavy (non-hydrogen) atoms. The number of rotatable bonds is 4. The summed E-state index contributed by atoms with van der Waals surface area (Å²) in [5.74, 6) is -0.371. The Morgan fingerprint density at radius 2 is 2.07 bits per heavy atom. The lowest BCUT2D eigenvalue weighted by Crippen LogP contribution is -2.23. The normalized spacial score (nSPS) is 11.7. The van der Waals surface area contributed by atoms with Crippen molar-refractivity contribution in [2.45, 2.75) is 39.4 Å². The van der Waals surface area contributed by atoms with Crippen LogP contribution < -0.4 is 5.73 Å². The monoisotopic (exact) mass is 211 g/mol.